The first-order valence-electron chi connectivity index (χ1n) is 8.21. The molecule has 0 saturated carbocycles. The van der Waals surface area contributed by atoms with Crippen LogP contribution in [0.4, 0.5) is 4.79 Å². The van der Waals surface area contributed by atoms with Crippen molar-refractivity contribution in [3.63, 3.8) is 0 Å². The zero-order valence-electron chi connectivity index (χ0n) is 14.7. The molecule has 1 aromatic rings. The molecule has 136 valence electrons. The number of aryl methyl sites for hydroxylation is 1. The van der Waals surface area contributed by atoms with Crippen molar-refractivity contribution < 1.29 is 19.4 Å². The molecule has 2 unspecified atom stereocenters. The Kier molecular flexibility index (Phi) is 6.11. The first-order valence-corrected chi connectivity index (χ1v) is 8.59. The predicted octanol–water partition coefficient (Wildman–Crippen LogP) is 2.62. The van der Waals surface area contributed by atoms with Gasteiger partial charge in [0, 0.05) is 13.1 Å². The Balaban J connectivity index is 2.23. The standard InChI is InChI=1S/C16H26ClN3O4/c1-5-6-20-13(11(17)9-18-20)14(21)12-10-23-8-7-19(12)15(22)24-16(2,3)4/h9,12,14,21H,5-8,10H2,1-4H3. The van der Waals surface area contributed by atoms with E-state index in [0.717, 1.165) is 6.42 Å². The summed E-state index contributed by atoms with van der Waals surface area (Å²) in [5.41, 5.74) is -0.102. The number of amides is 1. The van der Waals surface area contributed by atoms with E-state index in [2.05, 4.69) is 5.10 Å². The lowest BCUT2D eigenvalue weighted by atomic mass is 10.1. The van der Waals surface area contributed by atoms with Crippen LogP contribution in [0.3, 0.4) is 0 Å². The quantitative estimate of drug-likeness (QED) is 0.894. The van der Waals surface area contributed by atoms with Crippen LogP contribution in [0.15, 0.2) is 6.20 Å². The molecular weight excluding hydrogens is 334 g/mol. The molecule has 1 aliphatic heterocycles. The minimum atomic E-state index is -1.00. The summed E-state index contributed by atoms with van der Waals surface area (Å²) < 4.78 is 12.6. The van der Waals surface area contributed by atoms with Gasteiger partial charge in [-0.25, -0.2) is 4.79 Å². The Morgan fingerprint density at radius 2 is 2.29 bits per heavy atom. The second-order valence-corrected chi connectivity index (χ2v) is 7.27. The van der Waals surface area contributed by atoms with Gasteiger partial charge < -0.3 is 14.6 Å². The Morgan fingerprint density at radius 1 is 1.58 bits per heavy atom. The van der Waals surface area contributed by atoms with Gasteiger partial charge in [-0.15, -0.1) is 0 Å². The summed E-state index contributed by atoms with van der Waals surface area (Å²) in [5, 5.41) is 15.4. The number of ether oxygens (including phenoxy) is 2. The van der Waals surface area contributed by atoms with E-state index < -0.39 is 23.8 Å². The van der Waals surface area contributed by atoms with Gasteiger partial charge in [0.1, 0.15) is 11.7 Å². The van der Waals surface area contributed by atoms with E-state index in [1.807, 2.05) is 27.7 Å². The van der Waals surface area contributed by atoms with Gasteiger partial charge in [0.15, 0.2) is 0 Å². The lowest BCUT2D eigenvalue weighted by Crippen LogP contribution is -2.53. The van der Waals surface area contributed by atoms with E-state index in [0.29, 0.717) is 30.4 Å². The number of rotatable bonds is 4. The van der Waals surface area contributed by atoms with Crippen molar-refractivity contribution in [2.24, 2.45) is 0 Å². The number of halogens is 1. The van der Waals surface area contributed by atoms with Gasteiger partial charge in [-0.2, -0.15) is 5.10 Å². The van der Waals surface area contributed by atoms with Crippen molar-refractivity contribution in [1.29, 1.82) is 0 Å². The fraction of sp³-hybridized carbons (Fsp3) is 0.750. The average Bonchev–Trinajstić information content (AvgIpc) is 2.86. The summed E-state index contributed by atoms with van der Waals surface area (Å²) in [6, 6.07) is -0.571. The Hall–Kier alpha value is -1.31. The van der Waals surface area contributed by atoms with Crippen LogP contribution in [0.1, 0.15) is 45.9 Å². The molecule has 2 heterocycles. The van der Waals surface area contributed by atoms with E-state index >= 15 is 0 Å². The second kappa shape index (κ2) is 7.72. The van der Waals surface area contributed by atoms with Crippen molar-refractivity contribution in [3.05, 3.63) is 16.9 Å². The van der Waals surface area contributed by atoms with E-state index in [4.69, 9.17) is 21.1 Å². The third kappa shape index (κ3) is 4.40. The summed E-state index contributed by atoms with van der Waals surface area (Å²) in [6.07, 6.45) is 0.901. The van der Waals surface area contributed by atoms with E-state index in [9.17, 15) is 9.90 Å². The minimum Gasteiger partial charge on any atom is -0.444 e. The number of hydrogen-bond acceptors (Lipinski definition) is 5. The van der Waals surface area contributed by atoms with E-state index in [-0.39, 0.29) is 6.61 Å². The summed E-state index contributed by atoms with van der Waals surface area (Å²) in [7, 11) is 0. The van der Waals surface area contributed by atoms with Crippen LogP contribution in [0.25, 0.3) is 0 Å². The Bertz CT molecular complexity index is 570. The van der Waals surface area contributed by atoms with Crippen molar-refractivity contribution in [2.45, 2.75) is 58.4 Å². The SMILES string of the molecule is CCCn1ncc(Cl)c1C(O)C1COCCN1C(=O)OC(C)(C)C. The molecule has 0 aromatic carbocycles. The second-order valence-electron chi connectivity index (χ2n) is 6.86. The van der Waals surface area contributed by atoms with Crippen LogP contribution in [0.2, 0.25) is 5.02 Å². The zero-order chi connectivity index (χ0) is 17.9. The number of aromatic nitrogens is 2. The van der Waals surface area contributed by atoms with Gasteiger partial charge in [0.2, 0.25) is 0 Å². The van der Waals surface area contributed by atoms with E-state index in [1.54, 1.807) is 4.68 Å². The molecule has 8 heteroatoms. The topological polar surface area (TPSA) is 76.8 Å². The molecule has 1 aliphatic rings. The maximum Gasteiger partial charge on any atom is 0.410 e. The van der Waals surface area contributed by atoms with Gasteiger partial charge in [-0.05, 0) is 27.2 Å². The molecule has 24 heavy (non-hydrogen) atoms. The molecule has 0 spiro atoms. The van der Waals surface area contributed by atoms with Crippen LogP contribution in [0.5, 0.6) is 0 Å². The third-order valence-electron chi connectivity index (χ3n) is 3.71. The van der Waals surface area contributed by atoms with Gasteiger partial charge in [0.25, 0.3) is 0 Å². The molecule has 1 fully saturated rings. The highest BCUT2D eigenvalue weighted by Gasteiger charge is 2.38. The Morgan fingerprint density at radius 3 is 2.92 bits per heavy atom. The first-order chi connectivity index (χ1) is 11.2. The fourth-order valence-corrected chi connectivity index (χ4v) is 2.92. The van der Waals surface area contributed by atoms with Crippen LogP contribution >= 0.6 is 11.6 Å². The molecule has 0 bridgehead atoms. The maximum atomic E-state index is 12.5. The largest absolute Gasteiger partial charge is 0.444 e. The highest BCUT2D eigenvalue weighted by atomic mass is 35.5. The number of aliphatic hydroxyl groups excluding tert-OH is 1. The predicted molar refractivity (Wildman–Crippen MR) is 90.0 cm³/mol. The Labute approximate surface area is 147 Å². The van der Waals surface area contributed by atoms with Crippen molar-refractivity contribution >= 4 is 17.7 Å². The van der Waals surface area contributed by atoms with Crippen LogP contribution < -0.4 is 0 Å². The number of hydrogen-bond donors (Lipinski definition) is 1. The molecule has 1 N–H and O–H groups in total. The maximum absolute atomic E-state index is 12.5. The highest BCUT2D eigenvalue weighted by Crippen LogP contribution is 2.30. The van der Waals surface area contributed by atoms with Crippen LogP contribution in [-0.4, -0.2) is 57.3 Å². The summed E-state index contributed by atoms with van der Waals surface area (Å²) in [5.74, 6) is 0. The number of nitrogens with zero attached hydrogens (tertiary/aromatic N) is 3. The number of carbonyl (C=O) groups is 1. The molecule has 1 saturated heterocycles. The molecule has 2 rings (SSSR count). The highest BCUT2D eigenvalue weighted by molar-refractivity contribution is 6.31. The van der Waals surface area contributed by atoms with Gasteiger partial charge in [-0.3, -0.25) is 9.58 Å². The van der Waals surface area contributed by atoms with Gasteiger partial charge in [-0.1, -0.05) is 18.5 Å². The number of morpholine rings is 1. The zero-order valence-corrected chi connectivity index (χ0v) is 15.4. The van der Waals surface area contributed by atoms with E-state index in [1.165, 1.54) is 11.1 Å². The molecule has 1 aromatic heterocycles. The van der Waals surface area contributed by atoms with Crippen molar-refractivity contribution in [2.75, 3.05) is 19.8 Å². The average molecular weight is 360 g/mol. The summed E-state index contributed by atoms with van der Waals surface area (Å²) in [4.78, 5) is 14.0. The molecule has 0 radical (unpaired) electrons. The minimum absolute atomic E-state index is 0.216. The molecule has 2 atom stereocenters. The summed E-state index contributed by atoms with van der Waals surface area (Å²) >= 11 is 6.21. The van der Waals surface area contributed by atoms with Crippen molar-refractivity contribution in [3.8, 4) is 0 Å². The first kappa shape index (κ1) is 19.0. The van der Waals surface area contributed by atoms with Crippen LogP contribution in [-0.2, 0) is 16.0 Å². The molecular formula is C16H26ClN3O4. The monoisotopic (exact) mass is 359 g/mol. The van der Waals surface area contributed by atoms with Crippen molar-refractivity contribution in [1.82, 2.24) is 14.7 Å². The fourth-order valence-electron chi connectivity index (χ4n) is 2.67. The third-order valence-corrected chi connectivity index (χ3v) is 4.00. The lowest BCUT2D eigenvalue weighted by Gasteiger charge is -2.38. The van der Waals surface area contributed by atoms with Gasteiger partial charge >= 0.3 is 6.09 Å². The molecule has 1 amide bonds. The normalized spacial score (nSPS) is 20.1. The lowest BCUT2D eigenvalue weighted by molar-refractivity contribution is -0.0689. The number of aliphatic hydroxyl groups is 1. The van der Waals surface area contributed by atoms with Gasteiger partial charge in [0.05, 0.1) is 36.2 Å². The number of carbonyl (C=O) groups excluding carboxylic acids is 1. The van der Waals surface area contributed by atoms with Crippen LogP contribution in [0, 0.1) is 0 Å². The summed E-state index contributed by atoms with van der Waals surface area (Å²) in [6.45, 7) is 9.06. The smallest absolute Gasteiger partial charge is 0.410 e. The molecule has 7 nitrogen and oxygen atoms in total. The molecule has 0 aliphatic carbocycles.